The lowest BCUT2D eigenvalue weighted by atomic mass is 9.83. The third-order valence-corrected chi connectivity index (χ3v) is 3.07. The lowest BCUT2D eigenvalue weighted by molar-refractivity contribution is -0.484. The Bertz CT molecular complexity index is 547. The van der Waals surface area contributed by atoms with Gasteiger partial charge in [-0.1, -0.05) is 30.3 Å². The van der Waals surface area contributed by atoms with Crippen molar-refractivity contribution < 1.29 is 19.2 Å². The highest BCUT2D eigenvalue weighted by molar-refractivity contribution is 5.99. The van der Waals surface area contributed by atoms with E-state index in [4.69, 9.17) is 4.74 Å². The van der Waals surface area contributed by atoms with E-state index in [-0.39, 0.29) is 0 Å². The van der Waals surface area contributed by atoms with Gasteiger partial charge in [0.2, 0.25) is 6.54 Å². The predicted octanol–water partition coefficient (Wildman–Crippen LogP) is 2.59. The van der Waals surface area contributed by atoms with Crippen molar-refractivity contribution in [3.63, 3.8) is 0 Å². The lowest BCUT2D eigenvalue weighted by Crippen LogP contribution is -2.37. The molecule has 1 unspecified atom stereocenters. The number of Topliss-reactive ketones (excluding diaryl/α,β-unsaturated/α-hetero) is 1. The molecular weight excluding hydrogens is 286 g/mol. The first kappa shape index (κ1) is 17.8. The van der Waals surface area contributed by atoms with Crippen LogP contribution in [0.3, 0.4) is 0 Å². The number of ketones is 1. The van der Waals surface area contributed by atoms with Crippen molar-refractivity contribution in [2.24, 2.45) is 5.92 Å². The van der Waals surface area contributed by atoms with E-state index in [0.29, 0.717) is 5.56 Å². The minimum absolute atomic E-state index is 0.440. The zero-order chi connectivity index (χ0) is 16.9. The molecule has 1 rings (SSSR count). The van der Waals surface area contributed by atoms with E-state index in [1.807, 2.05) is 0 Å². The van der Waals surface area contributed by atoms with E-state index in [1.54, 1.807) is 51.1 Å². The summed E-state index contributed by atoms with van der Waals surface area (Å²) in [5.41, 5.74) is -0.189. The van der Waals surface area contributed by atoms with Crippen molar-refractivity contribution >= 4 is 11.8 Å². The number of carbonyl (C=O) groups is 2. The summed E-state index contributed by atoms with van der Waals surface area (Å²) in [5.74, 6) is -3.20. The Morgan fingerprint density at radius 1 is 1.23 bits per heavy atom. The topological polar surface area (TPSA) is 86.5 Å². The molecular formula is C16H21NO5. The van der Waals surface area contributed by atoms with Gasteiger partial charge in [0.15, 0.2) is 0 Å². The molecule has 1 aromatic rings. The fourth-order valence-corrected chi connectivity index (χ4v) is 2.24. The maximum Gasteiger partial charge on any atom is 0.317 e. The van der Waals surface area contributed by atoms with Crippen LogP contribution in [-0.4, -0.2) is 28.8 Å². The van der Waals surface area contributed by atoms with Gasteiger partial charge >= 0.3 is 5.97 Å². The second-order valence-corrected chi connectivity index (χ2v) is 6.15. The smallest absolute Gasteiger partial charge is 0.317 e. The molecule has 0 aliphatic carbocycles. The Kier molecular flexibility index (Phi) is 5.79. The van der Waals surface area contributed by atoms with Crippen LogP contribution in [0.2, 0.25) is 0 Å². The molecule has 0 saturated heterocycles. The molecule has 0 spiro atoms. The molecule has 2 atom stereocenters. The highest BCUT2D eigenvalue weighted by atomic mass is 16.6. The van der Waals surface area contributed by atoms with Gasteiger partial charge in [0, 0.05) is 4.92 Å². The standard InChI is InChI=1S/C16H21NO5/c1-11(18)14(15(19)22-16(2,3)4)13(10-17(20)21)12-8-6-5-7-9-12/h5-9,13-14H,10H2,1-4H3/t13-,14?/m0/s1. The van der Waals surface area contributed by atoms with E-state index >= 15 is 0 Å². The first-order chi connectivity index (χ1) is 10.1. The number of hydrogen-bond acceptors (Lipinski definition) is 5. The zero-order valence-electron chi connectivity index (χ0n) is 13.2. The Morgan fingerprint density at radius 2 is 1.77 bits per heavy atom. The van der Waals surface area contributed by atoms with Gasteiger partial charge in [0.05, 0.1) is 5.92 Å². The number of rotatable bonds is 6. The number of ether oxygens (including phenoxy) is 1. The van der Waals surface area contributed by atoms with Gasteiger partial charge in [-0.25, -0.2) is 0 Å². The molecule has 0 saturated carbocycles. The van der Waals surface area contributed by atoms with Crippen LogP contribution in [0.5, 0.6) is 0 Å². The molecule has 0 aromatic heterocycles. The van der Waals surface area contributed by atoms with Gasteiger partial charge in [-0.15, -0.1) is 0 Å². The quantitative estimate of drug-likeness (QED) is 0.349. The average Bonchev–Trinajstić information content (AvgIpc) is 2.35. The molecule has 0 radical (unpaired) electrons. The van der Waals surface area contributed by atoms with Gasteiger partial charge < -0.3 is 4.74 Å². The van der Waals surface area contributed by atoms with Crippen LogP contribution in [0.15, 0.2) is 30.3 Å². The van der Waals surface area contributed by atoms with Crippen LogP contribution >= 0.6 is 0 Å². The molecule has 22 heavy (non-hydrogen) atoms. The summed E-state index contributed by atoms with van der Waals surface area (Å²) >= 11 is 0. The lowest BCUT2D eigenvalue weighted by Gasteiger charge is -2.26. The summed E-state index contributed by atoms with van der Waals surface area (Å²) in [6.07, 6.45) is 0. The number of nitrogens with zero attached hydrogens (tertiary/aromatic N) is 1. The largest absolute Gasteiger partial charge is 0.459 e. The molecule has 0 amide bonds. The SMILES string of the molecule is CC(=O)C(C(=O)OC(C)(C)C)[C@@H](C[N+](=O)[O-])c1ccccc1. The summed E-state index contributed by atoms with van der Waals surface area (Å²) in [5, 5.41) is 11.0. The van der Waals surface area contributed by atoms with E-state index in [2.05, 4.69) is 0 Å². The Hall–Kier alpha value is -2.24. The third kappa shape index (κ3) is 5.27. The molecule has 120 valence electrons. The number of hydrogen-bond donors (Lipinski definition) is 0. The van der Waals surface area contributed by atoms with Crippen LogP contribution in [0.25, 0.3) is 0 Å². The fourth-order valence-electron chi connectivity index (χ4n) is 2.24. The fraction of sp³-hybridized carbons (Fsp3) is 0.500. The van der Waals surface area contributed by atoms with Crippen LogP contribution in [0.4, 0.5) is 0 Å². The molecule has 0 bridgehead atoms. The summed E-state index contributed by atoms with van der Waals surface area (Å²) in [4.78, 5) is 34.7. The number of esters is 1. The van der Waals surface area contributed by atoms with E-state index < -0.39 is 40.7 Å². The molecule has 0 aliphatic rings. The Balaban J connectivity index is 3.19. The van der Waals surface area contributed by atoms with Gasteiger partial charge in [-0.05, 0) is 33.3 Å². The maximum atomic E-state index is 12.3. The highest BCUT2D eigenvalue weighted by Crippen LogP contribution is 2.28. The minimum atomic E-state index is -1.19. The molecule has 6 heteroatoms. The van der Waals surface area contributed by atoms with Crippen molar-refractivity contribution in [3.05, 3.63) is 46.0 Å². The van der Waals surface area contributed by atoms with Crippen molar-refractivity contribution in [3.8, 4) is 0 Å². The van der Waals surface area contributed by atoms with Crippen molar-refractivity contribution in [1.82, 2.24) is 0 Å². The molecule has 0 fully saturated rings. The van der Waals surface area contributed by atoms with Gasteiger partial charge in [-0.3, -0.25) is 19.7 Å². The normalized spacial score (nSPS) is 14.0. The van der Waals surface area contributed by atoms with Crippen LogP contribution in [0, 0.1) is 16.0 Å². The second-order valence-electron chi connectivity index (χ2n) is 6.15. The first-order valence-electron chi connectivity index (χ1n) is 7.02. The highest BCUT2D eigenvalue weighted by Gasteiger charge is 2.39. The maximum absolute atomic E-state index is 12.3. The van der Waals surface area contributed by atoms with Crippen molar-refractivity contribution in [2.75, 3.05) is 6.54 Å². The van der Waals surface area contributed by atoms with Crippen molar-refractivity contribution in [1.29, 1.82) is 0 Å². The number of carbonyl (C=O) groups excluding carboxylic acids is 2. The Morgan fingerprint density at radius 3 is 2.18 bits per heavy atom. The second kappa shape index (κ2) is 7.15. The first-order valence-corrected chi connectivity index (χ1v) is 7.02. The van der Waals surface area contributed by atoms with Crippen molar-refractivity contribution in [2.45, 2.75) is 39.2 Å². The Labute approximate surface area is 129 Å². The zero-order valence-corrected chi connectivity index (χ0v) is 13.2. The minimum Gasteiger partial charge on any atom is -0.459 e. The van der Waals surface area contributed by atoms with Gasteiger partial charge in [0.1, 0.15) is 17.3 Å². The molecule has 1 aromatic carbocycles. The average molecular weight is 307 g/mol. The summed E-state index contributed by atoms with van der Waals surface area (Å²) in [7, 11) is 0. The van der Waals surface area contributed by atoms with E-state index in [1.165, 1.54) is 6.92 Å². The molecule has 0 N–H and O–H groups in total. The molecule has 0 heterocycles. The van der Waals surface area contributed by atoms with Gasteiger partial charge in [0.25, 0.3) is 0 Å². The molecule has 0 aliphatic heterocycles. The summed E-state index contributed by atoms with van der Waals surface area (Å²) in [6.45, 7) is 5.81. The third-order valence-electron chi connectivity index (χ3n) is 3.07. The number of nitro groups is 1. The van der Waals surface area contributed by atoms with E-state index in [9.17, 15) is 19.7 Å². The van der Waals surface area contributed by atoms with Crippen LogP contribution in [-0.2, 0) is 14.3 Å². The van der Waals surface area contributed by atoms with Crippen LogP contribution in [0.1, 0.15) is 39.2 Å². The summed E-state index contributed by atoms with van der Waals surface area (Å²) in [6, 6.07) is 8.55. The monoisotopic (exact) mass is 307 g/mol. The number of benzene rings is 1. The predicted molar refractivity (Wildman–Crippen MR) is 81.1 cm³/mol. The van der Waals surface area contributed by atoms with Crippen LogP contribution < -0.4 is 0 Å². The van der Waals surface area contributed by atoms with E-state index in [0.717, 1.165) is 0 Å². The summed E-state index contributed by atoms with van der Waals surface area (Å²) < 4.78 is 5.26. The van der Waals surface area contributed by atoms with Gasteiger partial charge in [-0.2, -0.15) is 0 Å². The molecule has 6 nitrogen and oxygen atoms in total.